The molecule has 0 spiro atoms. The number of nitrogens with one attached hydrogen (secondary N) is 1. The summed E-state index contributed by atoms with van der Waals surface area (Å²) >= 11 is 0. The number of nitrogens with zero attached hydrogens (tertiary/aromatic N) is 2. The van der Waals surface area contributed by atoms with E-state index in [9.17, 15) is 14.4 Å². The molecule has 0 radical (unpaired) electrons. The van der Waals surface area contributed by atoms with Gasteiger partial charge in [-0.1, -0.05) is 50.2 Å². The minimum atomic E-state index is -0.750. The van der Waals surface area contributed by atoms with Crippen LogP contribution in [0.2, 0.25) is 0 Å². The molecule has 0 fully saturated rings. The lowest BCUT2D eigenvalue weighted by Crippen LogP contribution is -2.29. The van der Waals surface area contributed by atoms with Gasteiger partial charge in [-0.2, -0.15) is 5.10 Å². The van der Waals surface area contributed by atoms with Gasteiger partial charge in [0, 0.05) is 17.6 Å². The predicted molar refractivity (Wildman–Crippen MR) is 116 cm³/mol. The highest BCUT2D eigenvalue weighted by Gasteiger charge is 2.19. The molecular formula is C23H25N3O4. The zero-order chi connectivity index (χ0) is 21.8. The molecule has 1 heterocycles. The number of anilines is 1. The van der Waals surface area contributed by atoms with Crippen molar-refractivity contribution < 1.29 is 14.3 Å². The van der Waals surface area contributed by atoms with Gasteiger partial charge in [0.15, 0.2) is 12.3 Å². The minimum Gasteiger partial charge on any atom is -0.451 e. The number of benzene rings is 2. The third kappa shape index (κ3) is 4.56. The number of hydrogen-bond acceptors (Lipinski definition) is 5. The third-order valence-electron chi connectivity index (χ3n) is 4.68. The highest BCUT2D eigenvalue weighted by atomic mass is 16.5. The quantitative estimate of drug-likeness (QED) is 0.632. The fraction of sp³-hybridized carbons (Fsp3) is 0.304. The van der Waals surface area contributed by atoms with Crippen LogP contribution in [-0.2, 0) is 16.1 Å². The molecule has 3 rings (SSSR count). The second-order valence-corrected chi connectivity index (χ2v) is 7.67. The Morgan fingerprint density at radius 3 is 2.30 bits per heavy atom. The molecule has 2 aromatic carbocycles. The average Bonchev–Trinajstić information content (AvgIpc) is 2.71. The van der Waals surface area contributed by atoms with E-state index in [1.54, 1.807) is 24.3 Å². The molecule has 0 saturated heterocycles. The van der Waals surface area contributed by atoms with E-state index in [0.717, 1.165) is 11.1 Å². The third-order valence-corrected chi connectivity index (χ3v) is 4.68. The summed E-state index contributed by atoms with van der Waals surface area (Å²) in [6, 6.07) is 12.4. The second kappa shape index (κ2) is 8.90. The van der Waals surface area contributed by atoms with Gasteiger partial charge in [-0.25, -0.2) is 9.48 Å². The van der Waals surface area contributed by atoms with Crippen LogP contribution >= 0.6 is 0 Å². The summed E-state index contributed by atoms with van der Waals surface area (Å²) in [6.45, 7) is 7.62. The Hall–Kier alpha value is -3.48. The van der Waals surface area contributed by atoms with Crippen molar-refractivity contribution >= 4 is 28.3 Å². The largest absolute Gasteiger partial charge is 0.451 e. The van der Waals surface area contributed by atoms with E-state index in [1.807, 2.05) is 45.9 Å². The summed E-state index contributed by atoms with van der Waals surface area (Å²) in [5, 5.41) is 7.80. The monoisotopic (exact) mass is 407 g/mol. The number of amides is 1. The Balaban J connectivity index is 1.82. The molecule has 1 amide bonds. The van der Waals surface area contributed by atoms with E-state index in [0.29, 0.717) is 23.0 Å². The summed E-state index contributed by atoms with van der Waals surface area (Å²) < 4.78 is 6.50. The fourth-order valence-corrected chi connectivity index (χ4v) is 3.24. The van der Waals surface area contributed by atoms with Gasteiger partial charge >= 0.3 is 5.97 Å². The van der Waals surface area contributed by atoms with Crippen LogP contribution < -0.4 is 10.9 Å². The average molecular weight is 407 g/mol. The highest BCUT2D eigenvalue weighted by Crippen LogP contribution is 2.19. The second-order valence-electron chi connectivity index (χ2n) is 7.67. The van der Waals surface area contributed by atoms with Crippen LogP contribution in [0.15, 0.2) is 47.3 Å². The van der Waals surface area contributed by atoms with Crippen molar-refractivity contribution in [1.29, 1.82) is 0 Å². The summed E-state index contributed by atoms with van der Waals surface area (Å²) in [5.41, 5.74) is 2.30. The first kappa shape index (κ1) is 21.2. The van der Waals surface area contributed by atoms with E-state index in [1.165, 1.54) is 4.68 Å². The first-order valence-electron chi connectivity index (χ1n) is 9.81. The number of carbonyl (C=O) groups is 2. The van der Waals surface area contributed by atoms with Crippen molar-refractivity contribution in [3.05, 3.63) is 69.6 Å². The fourth-order valence-electron chi connectivity index (χ4n) is 3.24. The van der Waals surface area contributed by atoms with Gasteiger partial charge in [0.1, 0.15) is 0 Å². The maximum Gasteiger partial charge on any atom is 0.359 e. The Morgan fingerprint density at radius 2 is 1.67 bits per heavy atom. The molecule has 0 aliphatic heterocycles. The van der Waals surface area contributed by atoms with Gasteiger partial charge in [-0.3, -0.25) is 9.59 Å². The van der Waals surface area contributed by atoms with Crippen LogP contribution in [0.25, 0.3) is 10.8 Å². The lowest BCUT2D eigenvalue weighted by Gasteiger charge is -2.13. The van der Waals surface area contributed by atoms with Gasteiger partial charge in [0.2, 0.25) is 0 Å². The number of para-hydroxylation sites is 1. The number of carbonyl (C=O) groups excluding carboxylic acids is 2. The predicted octanol–water partition coefficient (Wildman–Crippen LogP) is 3.46. The lowest BCUT2D eigenvalue weighted by molar-refractivity contribution is -0.119. The summed E-state index contributed by atoms with van der Waals surface area (Å²) in [4.78, 5) is 37.7. The number of aromatic nitrogens is 2. The molecular weight excluding hydrogens is 382 g/mol. The van der Waals surface area contributed by atoms with Crippen molar-refractivity contribution in [1.82, 2.24) is 9.78 Å². The van der Waals surface area contributed by atoms with Crippen LogP contribution in [0.1, 0.15) is 35.5 Å². The van der Waals surface area contributed by atoms with Crippen molar-refractivity contribution in [2.24, 2.45) is 5.92 Å². The zero-order valence-electron chi connectivity index (χ0n) is 17.6. The van der Waals surface area contributed by atoms with Gasteiger partial charge in [0.25, 0.3) is 11.5 Å². The highest BCUT2D eigenvalue weighted by molar-refractivity contribution is 6.03. The molecule has 3 aromatic rings. The van der Waals surface area contributed by atoms with Crippen molar-refractivity contribution in [2.45, 2.75) is 34.2 Å². The molecule has 30 heavy (non-hydrogen) atoms. The lowest BCUT2D eigenvalue weighted by atomic mass is 10.1. The van der Waals surface area contributed by atoms with Crippen molar-refractivity contribution in [2.75, 3.05) is 11.9 Å². The molecule has 0 saturated carbocycles. The summed E-state index contributed by atoms with van der Waals surface area (Å²) in [7, 11) is 0. The molecule has 1 aromatic heterocycles. The first-order valence-corrected chi connectivity index (χ1v) is 9.81. The van der Waals surface area contributed by atoms with Crippen molar-refractivity contribution in [3.63, 3.8) is 0 Å². The molecule has 7 heteroatoms. The number of aryl methyl sites for hydroxylation is 2. The molecule has 0 aliphatic rings. The molecule has 0 aliphatic carbocycles. The maximum atomic E-state index is 12.7. The molecule has 1 N–H and O–H groups in total. The Kier molecular flexibility index (Phi) is 6.30. The summed E-state index contributed by atoms with van der Waals surface area (Å²) in [5.74, 6) is -1.02. The standard InChI is InChI=1S/C23H25N3O4/c1-14(2)12-26-22(28)18-11-6-5-10-17(18)21(25-26)23(29)30-13-19(27)24-20-15(3)8-7-9-16(20)4/h5-11,14H,12-13H2,1-4H3,(H,24,27). The van der Waals surface area contributed by atoms with Crippen molar-refractivity contribution in [3.8, 4) is 0 Å². The zero-order valence-corrected chi connectivity index (χ0v) is 17.6. The molecule has 7 nitrogen and oxygen atoms in total. The number of hydrogen-bond donors (Lipinski definition) is 1. The number of ether oxygens (including phenoxy) is 1. The van der Waals surface area contributed by atoms with Gasteiger partial charge < -0.3 is 10.1 Å². The van der Waals surface area contributed by atoms with Crippen LogP contribution in [0.3, 0.4) is 0 Å². The maximum absolute atomic E-state index is 12.7. The molecule has 0 unspecified atom stereocenters. The van der Waals surface area contributed by atoms with Crippen LogP contribution in [0, 0.1) is 19.8 Å². The Bertz CT molecular complexity index is 1140. The minimum absolute atomic E-state index is 0.0192. The number of esters is 1. The first-order chi connectivity index (χ1) is 14.3. The molecule has 156 valence electrons. The topological polar surface area (TPSA) is 90.3 Å². The Morgan fingerprint density at radius 1 is 1.03 bits per heavy atom. The van der Waals surface area contributed by atoms with E-state index in [2.05, 4.69) is 10.4 Å². The van der Waals surface area contributed by atoms with E-state index in [-0.39, 0.29) is 17.2 Å². The van der Waals surface area contributed by atoms with E-state index < -0.39 is 18.5 Å². The normalized spacial score (nSPS) is 11.0. The molecule has 0 bridgehead atoms. The van der Waals surface area contributed by atoms with Crippen LogP contribution in [0.4, 0.5) is 5.69 Å². The number of rotatable bonds is 6. The van der Waals surface area contributed by atoms with Gasteiger partial charge in [-0.15, -0.1) is 0 Å². The van der Waals surface area contributed by atoms with Gasteiger partial charge in [-0.05, 0) is 37.0 Å². The summed E-state index contributed by atoms with van der Waals surface area (Å²) in [6.07, 6.45) is 0. The van der Waals surface area contributed by atoms with E-state index in [4.69, 9.17) is 4.74 Å². The Labute approximate surface area is 174 Å². The smallest absolute Gasteiger partial charge is 0.359 e. The van der Waals surface area contributed by atoms with Crippen LogP contribution in [0.5, 0.6) is 0 Å². The number of fused-ring (bicyclic) bond motifs is 1. The van der Waals surface area contributed by atoms with Crippen LogP contribution in [-0.4, -0.2) is 28.3 Å². The van der Waals surface area contributed by atoms with Gasteiger partial charge in [0.05, 0.1) is 5.39 Å². The molecule has 0 atom stereocenters. The SMILES string of the molecule is Cc1cccc(C)c1NC(=O)COC(=O)c1nn(CC(C)C)c(=O)c2ccccc12. The van der Waals surface area contributed by atoms with E-state index >= 15 is 0 Å².